The van der Waals surface area contributed by atoms with Crippen molar-refractivity contribution >= 4 is 27.5 Å². The van der Waals surface area contributed by atoms with Gasteiger partial charge in [0.15, 0.2) is 0 Å². The minimum absolute atomic E-state index is 0.101. The maximum atomic E-state index is 14.0. The Morgan fingerprint density at radius 3 is 2.58 bits per heavy atom. The highest BCUT2D eigenvalue weighted by Crippen LogP contribution is 2.35. The molecule has 1 N–H and O–H groups in total. The molecule has 0 spiro atoms. The van der Waals surface area contributed by atoms with Crippen LogP contribution in [0.25, 0.3) is 10.2 Å². The van der Waals surface area contributed by atoms with Gasteiger partial charge in [-0.25, -0.2) is 18.5 Å². The smallest absolute Gasteiger partial charge is 0.333 e. The number of methoxy groups -OCH3 is 1. The minimum Gasteiger partial charge on any atom is -0.496 e. The lowest BCUT2D eigenvalue weighted by Gasteiger charge is -2.30. The van der Waals surface area contributed by atoms with Crippen LogP contribution in [0.3, 0.4) is 0 Å². The zero-order valence-electron chi connectivity index (χ0n) is 21.7. The second-order valence-corrected chi connectivity index (χ2v) is 11.0. The standard InChI is InChI=1S/C27H30FN3O6S/c1-15-21(13-29)38-24-22(15)23(32)31(27(2,3)25(33)34)26(35)30(24)14-20(37-17-8-6-5-7-9-17)18-11-10-16(28)12-19(18)36-4/h10-12,17,20H,5-9,14H2,1-4H3,(H,33,34). The first-order valence-electron chi connectivity index (χ1n) is 12.4. The number of rotatable bonds is 8. The number of carboxylic acids is 1. The number of benzene rings is 1. The number of aliphatic carboxylic acids is 1. The summed E-state index contributed by atoms with van der Waals surface area (Å²) < 4.78 is 28.0. The SMILES string of the molecule is COc1cc(F)ccc1C(Cn1c(=O)n(C(C)(C)C(=O)O)c(=O)c2c(C)c(C#N)sc21)OC1CCCCC1. The first-order chi connectivity index (χ1) is 18.0. The summed E-state index contributed by atoms with van der Waals surface area (Å²) in [5.74, 6) is -1.61. The van der Waals surface area contributed by atoms with E-state index < -0.39 is 34.7 Å². The van der Waals surface area contributed by atoms with Crippen LogP contribution in [-0.2, 0) is 21.6 Å². The van der Waals surface area contributed by atoms with Gasteiger partial charge in [-0.15, -0.1) is 11.3 Å². The summed E-state index contributed by atoms with van der Waals surface area (Å²) in [5.41, 5.74) is -2.57. The number of hydrogen-bond donors (Lipinski definition) is 1. The summed E-state index contributed by atoms with van der Waals surface area (Å²) in [5, 5.41) is 19.6. The lowest BCUT2D eigenvalue weighted by molar-refractivity contribution is -0.146. The highest BCUT2D eigenvalue weighted by atomic mass is 32.1. The van der Waals surface area contributed by atoms with E-state index >= 15 is 0 Å². The average molecular weight is 544 g/mol. The van der Waals surface area contributed by atoms with Gasteiger partial charge in [-0.1, -0.05) is 19.3 Å². The minimum atomic E-state index is -1.86. The zero-order valence-corrected chi connectivity index (χ0v) is 22.6. The van der Waals surface area contributed by atoms with Crippen molar-refractivity contribution in [3.8, 4) is 11.8 Å². The van der Waals surface area contributed by atoms with Crippen LogP contribution < -0.4 is 16.0 Å². The predicted octanol–water partition coefficient (Wildman–Crippen LogP) is 4.46. The van der Waals surface area contributed by atoms with Crippen LogP contribution in [-0.4, -0.2) is 33.4 Å². The normalized spacial score (nSPS) is 15.4. The molecule has 38 heavy (non-hydrogen) atoms. The van der Waals surface area contributed by atoms with Gasteiger partial charge in [0, 0.05) is 11.6 Å². The maximum absolute atomic E-state index is 14.0. The number of halogens is 1. The van der Waals surface area contributed by atoms with Gasteiger partial charge in [-0.3, -0.25) is 9.36 Å². The summed E-state index contributed by atoms with van der Waals surface area (Å²) in [6.07, 6.45) is 3.87. The third-order valence-corrected chi connectivity index (χ3v) is 8.42. The summed E-state index contributed by atoms with van der Waals surface area (Å²) in [6.45, 7) is 4.06. The number of carboxylic acid groups (broad SMARTS) is 1. The van der Waals surface area contributed by atoms with E-state index in [0.29, 0.717) is 11.1 Å². The molecule has 0 radical (unpaired) electrons. The third-order valence-electron chi connectivity index (χ3n) is 7.20. The van der Waals surface area contributed by atoms with Crippen molar-refractivity contribution in [3.05, 3.63) is 60.9 Å². The molecule has 4 rings (SSSR count). The van der Waals surface area contributed by atoms with Crippen LogP contribution in [0.1, 0.15) is 68.1 Å². The third kappa shape index (κ3) is 4.86. The molecular weight excluding hydrogens is 513 g/mol. The van der Waals surface area contributed by atoms with E-state index in [1.807, 2.05) is 0 Å². The van der Waals surface area contributed by atoms with Gasteiger partial charge in [0.25, 0.3) is 5.56 Å². The molecule has 0 aliphatic heterocycles. The van der Waals surface area contributed by atoms with Crippen molar-refractivity contribution in [2.24, 2.45) is 0 Å². The Balaban J connectivity index is 1.98. The Morgan fingerprint density at radius 2 is 1.97 bits per heavy atom. The van der Waals surface area contributed by atoms with E-state index in [9.17, 15) is 29.1 Å². The molecule has 1 aliphatic rings. The van der Waals surface area contributed by atoms with Crippen LogP contribution in [0.4, 0.5) is 4.39 Å². The van der Waals surface area contributed by atoms with E-state index in [4.69, 9.17) is 9.47 Å². The second-order valence-electron chi connectivity index (χ2n) is 10.0. The topological polar surface area (TPSA) is 124 Å². The maximum Gasteiger partial charge on any atom is 0.333 e. The molecule has 1 saturated carbocycles. The monoisotopic (exact) mass is 543 g/mol. The van der Waals surface area contributed by atoms with E-state index in [0.717, 1.165) is 48.0 Å². The molecule has 202 valence electrons. The fourth-order valence-corrected chi connectivity index (χ4v) is 6.07. The van der Waals surface area contributed by atoms with Gasteiger partial charge in [0.2, 0.25) is 0 Å². The molecular formula is C27H30FN3O6S. The van der Waals surface area contributed by atoms with Crippen LogP contribution in [0, 0.1) is 24.1 Å². The number of aryl methyl sites for hydroxylation is 1. The lowest BCUT2D eigenvalue weighted by Crippen LogP contribution is -2.52. The van der Waals surface area contributed by atoms with Crippen LogP contribution in [0.2, 0.25) is 0 Å². The molecule has 1 aliphatic carbocycles. The van der Waals surface area contributed by atoms with Crippen molar-refractivity contribution in [3.63, 3.8) is 0 Å². The first kappa shape index (κ1) is 27.5. The fraction of sp³-hybridized carbons (Fsp3) is 0.481. The molecule has 1 aromatic carbocycles. The number of nitrogens with zero attached hydrogens (tertiary/aromatic N) is 3. The van der Waals surface area contributed by atoms with Gasteiger partial charge in [0.1, 0.15) is 39.0 Å². The van der Waals surface area contributed by atoms with Crippen LogP contribution in [0.15, 0.2) is 27.8 Å². The Labute approximate surface area is 222 Å². The van der Waals surface area contributed by atoms with Gasteiger partial charge in [-0.2, -0.15) is 5.26 Å². The van der Waals surface area contributed by atoms with Gasteiger partial charge >= 0.3 is 11.7 Å². The average Bonchev–Trinajstić information content (AvgIpc) is 3.22. The predicted molar refractivity (Wildman–Crippen MR) is 140 cm³/mol. The number of hydrogen-bond acceptors (Lipinski definition) is 7. The van der Waals surface area contributed by atoms with Crippen LogP contribution in [0.5, 0.6) is 5.75 Å². The summed E-state index contributed by atoms with van der Waals surface area (Å²) in [4.78, 5) is 40.0. The van der Waals surface area contributed by atoms with Gasteiger partial charge in [-0.05, 0) is 51.3 Å². The Morgan fingerprint density at radius 1 is 1.29 bits per heavy atom. The zero-order chi connectivity index (χ0) is 27.8. The molecule has 9 nitrogen and oxygen atoms in total. The molecule has 0 saturated heterocycles. The number of ether oxygens (including phenoxy) is 2. The van der Waals surface area contributed by atoms with Gasteiger partial charge in [0.05, 0.1) is 25.1 Å². The molecule has 3 aromatic rings. The molecule has 0 bridgehead atoms. The number of thiophene rings is 1. The Bertz CT molecular complexity index is 1540. The van der Waals surface area contributed by atoms with E-state index in [2.05, 4.69) is 6.07 Å². The Kier molecular flexibility index (Phi) is 7.76. The van der Waals surface area contributed by atoms with Crippen molar-refractivity contribution < 1.29 is 23.8 Å². The lowest BCUT2D eigenvalue weighted by atomic mass is 9.97. The van der Waals surface area contributed by atoms with Crippen molar-refractivity contribution in [2.75, 3.05) is 7.11 Å². The highest BCUT2D eigenvalue weighted by molar-refractivity contribution is 7.19. The second kappa shape index (κ2) is 10.7. The molecule has 2 aromatic heterocycles. The fourth-order valence-electron chi connectivity index (χ4n) is 4.97. The van der Waals surface area contributed by atoms with Crippen molar-refractivity contribution in [1.82, 2.24) is 9.13 Å². The van der Waals surface area contributed by atoms with Gasteiger partial charge < -0.3 is 14.6 Å². The quantitative estimate of drug-likeness (QED) is 0.445. The number of fused-ring (bicyclic) bond motifs is 1. The van der Waals surface area contributed by atoms with E-state index in [1.54, 1.807) is 13.0 Å². The molecule has 1 atom stereocenters. The summed E-state index contributed by atoms with van der Waals surface area (Å²) >= 11 is 0.997. The summed E-state index contributed by atoms with van der Waals surface area (Å²) in [6, 6.07) is 6.12. The molecule has 11 heteroatoms. The number of nitriles is 1. The van der Waals surface area contributed by atoms with Crippen molar-refractivity contribution in [1.29, 1.82) is 5.26 Å². The molecule has 2 heterocycles. The van der Waals surface area contributed by atoms with E-state index in [-0.39, 0.29) is 33.5 Å². The van der Waals surface area contributed by atoms with Crippen molar-refractivity contribution in [2.45, 2.75) is 77.2 Å². The largest absolute Gasteiger partial charge is 0.496 e. The first-order valence-corrected chi connectivity index (χ1v) is 13.2. The number of aromatic nitrogens is 2. The number of carbonyl (C=O) groups is 1. The van der Waals surface area contributed by atoms with E-state index in [1.165, 1.54) is 37.7 Å². The molecule has 1 unspecified atom stereocenters. The van der Waals surface area contributed by atoms with Crippen LogP contribution >= 0.6 is 11.3 Å². The highest BCUT2D eigenvalue weighted by Gasteiger charge is 2.36. The molecule has 0 amide bonds. The Hall–Kier alpha value is -3.49. The summed E-state index contributed by atoms with van der Waals surface area (Å²) in [7, 11) is 1.41. The molecule has 1 fully saturated rings.